The number of ether oxygens (including phenoxy) is 3. The zero-order valence-electron chi connectivity index (χ0n) is 8.79. The molecule has 78 valence electrons. The molecule has 2 rings (SSSR count). The van der Waals surface area contributed by atoms with Crippen molar-refractivity contribution in [3.8, 4) is 0 Å². The lowest BCUT2D eigenvalue weighted by atomic mass is 10.5. The Morgan fingerprint density at radius 2 is 1.38 bits per heavy atom. The summed E-state index contributed by atoms with van der Waals surface area (Å²) >= 11 is 0. The predicted octanol–water partition coefficient (Wildman–Crippen LogP) is 0.903. The van der Waals surface area contributed by atoms with E-state index in [1.807, 2.05) is 0 Å². The van der Waals surface area contributed by atoms with Gasteiger partial charge in [-0.25, -0.2) is 0 Å². The third-order valence-corrected chi connectivity index (χ3v) is 1.41. The van der Waals surface area contributed by atoms with Crippen molar-refractivity contribution in [1.82, 2.24) is 0 Å². The van der Waals surface area contributed by atoms with Crippen LogP contribution in [-0.4, -0.2) is 47.4 Å². The average molecular weight is 204 g/mol. The van der Waals surface area contributed by atoms with Crippen LogP contribution in [0.25, 0.3) is 0 Å². The first-order valence-electron chi connectivity index (χ1n) is 4.99. The Morgan fingerprint density at radius 3 is 1.62 bits per heavy atom. The van der Waals surface area contributed by atoms with Crippen molar-refractivity contribution in [2.45, 2.75) is 31.8 Å². The molecule has 0 spiro atoms. The highest BCUT2D eigenvalue weighted by molar-refractivity contribution is 6.54. The van der Waals surface area contributed by atoms with Crippen LogP contribution in [0.3, 0.4) is 0 Å². The largest absolute Gasteiger partial charge is 0.376 e. The van der Waals surface area contributed by atoms with Crippen LogP contribution in [0.1, 0.15) is 0 Å². The molecular formula is C9H20O3Si. The smallest absolute Gasteiger partial charge is 0.104 e. The lowest BCUT2D eigenvalue weighted by Gasteiger charge is -1.95. The van der Waals surface area contributed by atoms with Crippen LogP contribution in [-0.2, 0) is 14.2 Å². The van der Waals surface area contributed by atoms with Crippen molar-refractivity contribution in [1.29, 1.82) is 0 Å². The van der Waals surface area contributed by atoms with Crippen LogP contribution >= 0.6 is 0 Å². The van der Waals surface area contributed by atoms with Crippen molar-refractivity contribution in [3.05, 3.63) is 0 Å². The molecule has 2 atom stereocenters. The molecule has 2 saturated heterocycles. The maximum Gasteiger partial charge on any atom is 0.104 e. The van der Waals surface area contributed by atoms with Crippen molar-refractivity contribution in [2.24, 2.45) is 0 Å². The topological polar surface area (TPSA) is 34.3 Å². The van der Waals surface area contributed by atoms with Gasteiger partial charge < -0.3 is 14.2 Å². The highest BCUT2D eigenvalue weighted by Crippen LogP contribution is 2.12. The lowest BCUT2D eigenvalue weighted by molar-refractivity contribution is 0.102. The molecule has 2 aliphatic rings. The summed E-state index contributed by atoms with van der Waals surface area (Å²) < 4.78 is 15.1. The van der Waals surface area contributed by atoms with E-state index in [1.54, 1.807) is 0 Å². The molecule has 0 bridgehead atoms. The second kappa shape index (κ2) is 5.75. The molecule has 0 radical (unpaired) electrons. The molecule has 0 N–H and O–H groups in total. The van der Waals surface area contributed by atoms with Crippen molar-refractivity contribution >= 4 is 8.80 Å². The van der Waals surface area contributed by atoms with Gasteiger partial charge in [0.2, 0.25) is 0 Å². The van der Waals surface area contributed by atoms with E-state index in [2.05, 4.69) is 19.6 Å². The van der Waals surface area contributed by atoms with Gasteiger partial charge in [0.1, 0.15) is 12.2 Å². The van der Waals surface area contributed by atoms with Gasteiger partial charge in [-0.2, -0.15) is 0 Å². The zero-order chi connectivity index (χ0) is 9.68. The molecule has 4 heteroatoms. The minimum atomic E-state index is -0.139. The van der Waals surface area contributed by atoms with Crippen LogP contribution in [0.2, 0.25) is 19.6 Å². The Morgan fingerprint density at radius 1 is 1.08 bits per heavy atom. The molecule has 0 aromatic rings. The molecule has 0 saturated carbocycles. The Kier molecular flexibility index (Phi) is 4.94. The fraction of sp³-hybridized carbons (Fsp3) is 1.00. The Labute approximate surface area is 82.0 Å². The standard InChI is InChI=1S/C6H10O3.C3H10Si/c1(5-3-8-5)7-2-6-4-9-6;1-4(2)3/h5-6H,1-4H2;4H,1-3H3. The fourth-order valence-electron chi connectivity index (χ4n) is 0.659. The molecule has 2 aliphatic heterocycles. The van der Waals surface area contributed by atoms with E-state index >= 15 is 0 Å². The predicted molar refractivity (Wildman–Crippen MR) is 55.0 cm³/mol. The van der Waals surface area contributed by atoms with E-state index in [4.69, 9.17) is 14.2 Å². The lowest BCUT2D eigenvalue weighted by Crippen LogP contribution is -2.06. The van der Waals surface area contributed by atoms with Crippen LogP contribution in [0.15, 0.2) is 0 Å². The highest BCUT2D eigenvalue weighted by Gasteiger charge is 2.26. The van der Waals surface area contributed by atoms with Gasteiger partial charge in [0.05, 0.1) is 26.4 Å². The van der Waals surface area contributed by atoms with E-state index in [1.165, 1.54) is 0 Å². The van der Waals surface area contributed by atoms with Gasteiger partial charge in [0.25, 0.3) is 0 Å². The summed E-state index contributed by atoms with van der Waals surface area (Å²) in [6, 6.07) is 0. The maximum absolute atomic E-state index is 5.23. The minimum absolute atomic E-state index is 0.139. The van der Waals surface area contributed by atoms with Gasteiger partial charge >= 0.3 is 0 Å². The maximum atomic E-state index is 5.23. The molecular weight excluding hydrogens is 184 g/mol. The molecule has 3 nitrogen and oxygen atoms in total. The second-order valence-corrected chi connectivity index (χ2v) is 7.64. The molecule has 0 aromatic carbocycles. The molecule has 13 heavy (non-hydrogen) atoms. The summed E-state index contributed by atoms with van der Waals surface area (Å²) in [5, 5.41) is 0. The Bertz CT molecular complexity index is 118. The monoisotopic (exact) mass is 204 g/mol. The van der Waals surface area contributed by atoms with E-state index in [9.17, 15) is 0 Å². The molecule has 2 heterocycles. The van der Waals surface area contributed by atoms with Crippen molar-refractivity contribution < 1.29 is 14.2 Å². The van der Waals surface area contributed by atoms with Gasteiger partial charge in [-0.15, -0.1) is 0 Å². The van der Waals surface area contributed by atoms with Crippen molar-refractivity contribution in [3.63, 3.8) is 0 Å². The third-order valence-electron chi connectivity index (χ3n) is 1.41. The first-order chi connectivity index (χ1) is 6.18. The number of rotatable bonds is 4. The Hall–Kier alpha value is 0.0969. The summed E-state index contributed by atoms with van der Waals surface area (Å²) in [4.78, 5) is 0. The quantitative estimate of drug-likeness (QED) is 0.504. The fourth-order valence-corrected chi connectivity index (χ4v) is 0.659. The molecule has 0 amide bonds. The molecule has 2 fully saturated rings. The minimum Gasteiger partial charge on any atom is -0.376 e. The normalized spacial score (nSPS) is 29.5. The van der Waals surface area contributed by atoms with Crippen LogP contribution in [0.4, 0.5) is 0 Å². The van der Waals surface area contributed by atoms with Gasteiger partial charge in [0, 0.05) is 8.80 Å². The second-order valence-electron chi connectivity index (χ2n) is 4.18. The summed E-state index contributed by atoms with van der Waals surface area (Å²) in [5.41, 5.74) is 0. The van der Waals surface area contributed by atoms with Crippen molar-refractivity contribution in [2.75, 3.05) is 26.4 Å². The van der Waals surface area contributed by atoms with E-state index in [0.29, 0.717) is 12.2 Å². The summed E-state index contributed by atoms with van der Waals surface area (Å²) in [6.07, 6.45) is 0.785. The highest BCUT2D eigenvalue weighted by atomic mass is 28.3. The number of epoxide rings is 2. The van der Waals surface area contributed by atoms with Crippen LogP contribution < -0.4 is 0 Å². The Balaban J connectivity index is 0.000000184. The summed E-state index contributed by atoms with van der Waals surface area (Å²) in [6.45, 7) is 10.2. The van der Waals surface area contributed by atoms with Gasteiger partial charge in [-0.3, -0.25) is 0 Å². The van der Waals surface area contributed by atoms with E-state index in [0.717, 1.165) is 26.4 Å². The van der Waals surface area contributed by atoms with Crippen LogP contribution in [0.5, 0.6) is 0 Å². The zero-order valence-corrected chi connectivity index (χ0v) is 9.94. The van der Waals surface area contributed by atoms with E-state index < -0.39 is 0 Å². The van der Waals surface area contributed by atoms with Crippen LogP contribution in [0, 0.1) is 0 Å². The molecule has 2 unspecified atom stereocenters. The van der Waals surface area contributed by atoms with Gasteiger partial charge in [-0.1, -0.05) is 19.6 Å². The van der Waals surface area contributed by atoms with E-state index in [-0.39, 0.29) is 8.80 Å². The third kappa shape index (κ3) is 8.43. The first kappa shape index (κ1) is 11.2. The SMILES string of the molecule is C(OCC1CO1)C1CO1.C[SiH](C)C. The van der Waals surface area contributed by atoms with Gasteiger partial charge in [0.15, 0.2) is 0 Å². The number of hydrogen-bond acceptors (Lipinski definition) is 3. The summed E-state index contributed by atoms with van der Waals surface area (Å²) in [5.74, 6) is 0. The van der Waals surface area contributed by atoms with Gasteiger partial charge in [-0.05, 0) is 0 Å². The molecule has 0 aromatic heterocycles. The first-order valence-corrected chi connectivity index (χ1v) is 8.46. The number of hydrogen-bond donors (Lipinski definition) is 0. The summed E-state index contributed by atoms with van der Waals surface area (Å²) in [7, 11) is -0.139. The average Bonchev–Trinajstić information content (AvgIpc) is 2.78. The molecule has 0 aliphatic carbocycles.